The Morgan fingerprint density at radius 2 is 2.25 bits per heavy atom. The zero-order chi connectivity index (χ0) is 11.4. The van der Waals surface area contributed by atoms with Crippen molar-refractivity contribution >= 4 is 33.2 Å². The molecule has 16 heavy (non-hydrogen) atoms. The van der Waals surface area contributed by atoms with Gasteiger partial charge in [0.2, 0.25) is 5.91 Å². The third kappa shape index (κ3) is 2.86. The molecule has 1 saturated carbocycles. The second-order valence-electron chi connectivity index (χ2n) is 4.43. The van der Waals surface area contributed by atoms with Gasteiger partial charge in [0.1, 0.15) is 0 Å². The van der Waals surface area contributed by atoms with Crippen LogP contribution in [0, 0.1) is 0 Å². The van der Waals surface area contributed by atoms with Crippen molar-refractivity contribution in [1.82, 2.24) is 5.32 Å². The Hall–Kier alpha value is -0.350. The molecule has 1 aromatic rings. The number of rotatable bonds is 4. The van der Waals surface area contributed by atoms with Crippen molar-refractivity contribution in [1.29, 1.82) is 0 Å². The minimum absolute atomic E-state index is 0.0222. The van der Waals surface area contributed by atoms with E-state index in [2.05, 4.69) is 21.2 Å². The summed E-state index contributed by atoms with van der Waals surface area (Å²) in [5.41, 5.74) is 0.0222. The molecule has 2 nitrogen and oxygen atoms in total. The first-order chi connectivity index (χ1) is 7.74. The molecule has 0 atom stereocenters. The molecule has 88 valence electrons. The van der Waals surface area contributed by atoms with E-state index in [1.54, 1.807) is 11.3 Å². The van der Waals surface area contributed by atoms with Gasteiger partial charge in [0, 0.05) is 15.7 Å². The Morgan fingerprint density at radius 1 is 1.50 bits per heavy atom. The van der Waals surface area contributed by atoms with Gasteiger partial charge in [0.25, 0.3) is 0 Å². The van der Waals surface area contributed by atoms with Crippen molar-refractivity contribution in [3.05, 3.63) is 22.4 Å². The molecule has 4 heteroatoms. The van der Waals surface area contributed by atoms with E-state index >= 15 is 0 Å². The second kappa shape index (κ2) is 5.32. The van der Waals surface area contributed by atoms with E-state index in [0.29, 0.717) is 6.42 Å². The summed E-state index contributed by atoms with van der Waals surface area (Å²) >= 11 is 5.17. The van der Waals surface area contributed by atoms with Crippen LogP contribution in [-0.2, 0) is 11.2 Å². The molecule has 2 rings (SSSR count). The molecule has 0 unspecified atom stereocenters. The number of hydrogen-bond donors (Lipinski definition) is 1. The van der Waals surface area contributed by atoms with Gasteiger partial charge in [-0.05, 0) is 24.3 Å². The van der Waals surface area contributed by atoms with Gasteiger partial charge in [-0.25, -0.2) is 0 Å². The summed E-state index contributed by atoms with van der Waals surface area (Å²) in [6, 6.07) is 4.00. The lowest BCUT2D eigenvalue weighted by molar-refractivity contribution is -0.122. The van der Waals surface area contributed by atoms with Crippen molar-refractivity contribution in [3.63, 3.8) is 0 Å². The largest absolute Gasteiger partial charge is 0.350 e. The van der Waals surface area contributed by atoms with Crippen LogP contribution in [0.25, 0.3) is 0 Å². The van der Waals surface area contributed by atoms with Gasteiger partial charge in [-0.2, -0.15) is 0 Å². The van der Waals surface area contributed by atoms with Crippen molar-refractivity contribution in [2.75, 3.05) is 5.33 Å². The number of nitrogens with one attached hydrogen (secondary N) is 1. The van der Waals surface area contributed by atoms with Gasteiger partial charge in [-0.15, -0.1) is 11.3 Å². The summed E-state index contributed by atoms with van der Waals surface area (Å²) < 4.78 is 0. The summed E-state index contributed by atoms with van der Waals surface area (Å²) in [7, 11) is 0. The number of thiophene rings is 1. The molecule has 0 spiro atoms. The fourth-order valence-corrected chi connectivity index (χ4v) is 3.66. The molecule has 1 aliphatic carbocycles. The summed E-state index contributed by atoms with van der Waals surface area (Å²) in [5, 5.41) is 6.08. The van der Waals surface area contributed by atoms with Crippen molar-refractivity contribution in [3.8, 4) is 0 Å². The topological polar surface area (TPSA) is 29.1 Å². The summed E-state index contributed by atoms with van der Waals surface area (Å²) in [6.45, 7) is 0. The molecule has 1 fully saturated rings. The van der Waals surface area contributed by atoms with Crippen molar-refractivity contribution in [2.24, 2.45) is 0 Å². The zero-order valence-electron chi connectivity index (χ0n) is 9.17. The number of halogens is 1. The predicted molar refractivity (Wildman–Crippen MR) is 71.2 cm³/mol. The van der Waals surface area contributed by atoms with E-state index in [0.717, 1.165) is 23.0 Å². The van der Waals surface area contributed by atoms with Gasteiger partial charge in [-0.1, -0.05) is 34.8 Å². The molecule has 0 aromatic carbocycles. The smallest absolute Gasteiger partial charge is 0.225 e. The zero-order valence-corrected chi connectivity index (χ0v) is 11.6. The lowest BCUT2D eigenvalue weighted by atomic mass is 10.0. The molecule has 0 aliphatic heterocycles. The van der Waals surface area contributed by atoms with E-state index in [1.165, 1.54) is 12.8 Å². The normalized spacial score (nSPS) is 18.6. The second-order valence-corrected chi connectivity index (χ2v) is 6.02. The number of carbonyl (C=O) groups excluding carboxylic acids is 1. The number of alkyl halides is 1. The molecule has 0 bridgehead atoms. The molecule has 1 heterocycles. The molecule has 0 radical (unpaired) electrons. The van der Waals surface area contributed by atoms with E-state index < -0.39 is 0 Å². The van der Waals surface area contributed by atoms with Gasteiger partial charge < -0.3 is 5.32 Å². The van der Waals surface area contributed by atoms with E-state index in [4.69, 9.17) is 0 Å². The van der Waals surface area contributed by atoms with Crippen LogP contribution in [0.3, 0.4) is 0 Å². The standard InChI is InChI=1S/C12H16BrNOS/c13-9-12(5-1-2-6-12)14-11(15)8-10-4-3-7-16-10/h3-4,7H,1-2,5-6,8-9H2,(H,14,15). The maximum atomic E-state index is 11.9. The number of amides is 1. The van der Waals surface area contributed by atoms with Crippen LogP contribution >= 0.6 is 27.3 Å². The van der Waals surface area contributed by atoms with Crippen LogP contribution in [0.5, 0.6) is 0 Å². The fourth-order valence-electron chi connectivity index (χ4n) is 2.26. The maximum Gasteiger partial charge on any atom is 0.225 e. The van der Waals surface area contributed by atoms with Crippen LogP contribution in [0.4, 0.5) is 0 Å². The summed E-state index contributed by atoms with van der Waals surface area (Å²) in [5.74, 6) is 0.156. The Morgan fingerprint density at radius 3 is 2.81 bits per heavy atom. The molecule has 1 aliphatic rings. The SMILES string of the molecule is O=C(Cc1cccs1)NC1(CBr)CCCC1. The summed E-state index contributed by atoms with van der Waals surface area (Å²) in [6.07, 6.45) is 5.19. The monoisotopic (exact) mass is 301 g/mol. The quantitative estimate of drug-likeness (QED) is 0.851. The average Bonchev–Trinajstić information content (AvgIpc) is 2.90. The van der Waals surface area contributed by atoms with Crippen LogP contribution in [-0.4, -0.2) is 16.8 Å². The summed E-state index contributed by atoms with van der Waals surface area (Å²) in [4.78, 5) is 13.0. The highest BCUT2D eigenvalue weighted by Crippen LogP contribution is 2.31. The Kier molecular flexibility index (Phi) is 4.03. The lowest BCUT2D eigenvalue weighted by Gasteiger charge is -2.28. The third-order valence-corrected chi connectivity index (χ3v) is 5.09. The number of carbonyl (C=O) groups is 1. The van der Waals surface area contributed by atoms with Crippen LogP contribution in [0.1, 0.15) is 30.6 Å². The molecular weight excluding hydrogens is 286 g/mol. The molecule has 1 aromatic heterocycles. The Bertz CT molecular complexity index is 344. The third-order valence-electron chi connectivity index (χ3n) is 3.14. The van der Waals surface area contributed by atoms with Gasteiger partial charge >= 0.3 is 0 Å². The van der Waals surface area contributed by atoms with Crippen LogP contribution in [0.15, 0.2) is 17.5 Å². The first kappa shape index (κ1) is 12.1. The highest BCUT2D eigenvalue weighted by Gasteiger charge is 2.33. The highest BCUT2D eigenvalue weighted by molar-refractivity contribution is 9.09. The van der Waals surface area contributed by atoms with Crippen LogP contribution in [0.2, 0.25) is 0 Å². The molecule has 1 amide bonds. The van der Waals surface area contributed by atoms with E-state index in [1.807, 2.05) is 17.5 Å². The maximum absolute atomic E-state index is 11.9. The predicted octanol–water partition coefficient (Wildman–Crippen LogP) is 3.11. The minimum atomic E-state index is 0.0222. The number of hydrogen-bond acceptors (Lipinski definition) is 2. The van der Waals surface area contributed by atoms with E-state index in [9.17, 15) is 4.79 Å². The Balaban J connectivity index is 1.91. The molecule has 1 N–H and O–H groups in total. The van der Waals surface area contributed by atoms with Gasteiger partial charge in [0.15, 0.2) is 0 Å². The lowest BCUT2D eigenvalue weighted by Crippen LogP contribution is -2.48. The Labute approximate surface area is 109 Å². The average molecular weight is 302 g/mol. The molecular formula is C12H16BrNOS. The van der Waals surface area contributed by atoms with Gasteiger partial charge in [0.05, 0.1) is 6.42 Å². The molecule has 0 saturated heterocycles. The van der Waals surface area contributed by atoms with Crippen molar-refractivity contribution in [2.45, 2.75) is 37.6 Å². The van der Waals surface area contributed by atoms with Crippen LogP contribution < -0.4 is 5.32 Å². The van der Waals surface area contributed by atoms with E-state index in [-0.39, 0.29) is 11.4 Å². The fraction of sp³-hybridized carbons (Fsp3) is 0.583. The van der Waals surface area contributed by atoms with Gasteiger partial charge in [-0.3, -0.25) is 4.79 Å². The van der Waals surface area contributed by atoms with Crippen molar-refractivity contribution < 1.29 is 4.79 Å². The first-order valence-electron chi connectivity index (χ1n) is 5.63. The highest BCUT2D eigenvalue weighted by atomic mass is 79.9. The first-order valence-corrected chi connectivity index (χ1v) is 7.64. The minimum Gasteiger partial charge on any atom is -0.350 e.